The monoisotopic (exact) mass is 179 g/mol. The summed E-state index contributed by atoms with van der Waals surface area (Å²) in [6, 6.07) is 5.57. The first-order valence-corrected chi connectivity index (χ1v) is 3.80. The van der Waals surface area contributed by atoms with Gasteiger partial charge in [-0.3, -0.25) is 0 Å². The van der Waals surface area contributed by atoms with Crippen molar-refractivity contribution in [3.05, 3.63) is 40.8 Å². The summed E-state index contributed by atoms with van der Waals surface area (Å²) in [7, 11) is 0. The second-order valence-corrected chi connectivity index (χ2v) is 2.88. The largest absolute Gasteiger partial charge is 0.870 e. The molecule has 0 saturated heterocycles. The molecule has 2 N–H and O–H groups in total. The van der Waals surface area contributed by atoms with E-state index in [1.165, 1.54) is 0 Å². The molecule has 0 unspecified atom stereocenters. The van der Waals surface area contributed by atoms with Gasteiger partial charge in [0.15, 0.2) is 0 Å². The van der Waals surface area contributed by atoms with E-state index in [1.807, 2.05) is 31.2 Å². The SMILES string of the molecule is C=C(C)c1c(C)cccc1[NH+]=O.[OH-]. The Labute approximate surface area is 77.4 Å². The van der Waals surface area contributed by atoms with Gasteiger partial charge in [-0.05, 0) is 25.0 Å². The highest BCUT2D eigenvalue weighted by Crippen LogP contribution is 2.21. The van der Waals surface area contributed by atoms with Crippen LogP contribution in [0.1, 0.15) is 18.1 Å². The Morgan fingerprint density at radius 2 is 2.08 bits per heavy atom. The van der Waals surface area contributed by atoms with Crippen molar-refractivity contribution in [1.29, 1.82) is 0 Å². The Kier molecular flexibility index (Phi) is 4.01. The summed E-state index contributed by atoms with van der Waals surface area (Å²) < 4.78 is 0. The minimum Gasteiger partial charge on any atom is -0.870 e. The van der Waals surface area contributed by atoms with Crippen molar-refractivity contribution in [3.63, 3.8) is 0 Å². The van der Waals surface area contributed by atoms with Crippen LogP contribution in [0.15, 0.2) is 24.8 Å². The number of benzene rings is 1. The Morgan fingerprint density at radius 1 is 1.46 bits per heavy atom. The molecule has 0 saturated carbocycles. The molecule has 0 heterocycles. The molecule has 0 aliphatic heterocycles. The van der Waals surface area contributed by atoms with Gasteiger partial charge in [-0.25, -0.2) is 0 Å². The first kappa shape index (κ1) is 11.5. The van der Waals surface area contributed by atoms with Gasteiger partial charge in [0, 0.05) is 16.2 Å². The van der Waals surface area contributed by atoms with Gasteiger partial charge in [0.2, 0.25) is 0 Å². The lowest BCUT2D eigenvalue weighted by molar-refractivity contribution is -0.379. The summed E-state index contributed by atoms with van der Waals surface area (Å²) in [5, 5.41) is 1.91. The van der Waals surface area contributed by atoms with Crippen molar-refractivity contribution in [1.82, 2.24) is 0 Å². The van der Waals surface area contributed by atoms with Crippen LogP contribution < -0.4 is 5.18 Å². The quantitative estimate of drug-likeness (QED) is 0.744. The zero-order chi connectivity index (χ0) is 9.14. The van der Waals surface area contributed by atoms with Crippen molar-refractivity contribution < 1.29 is 10.7 Å². The zero-order valence-electron chi connectivity index (χ0n) is 7.79. The molecule has 0 aromatic heterocycles. The van der Waals surface area contributed by atoms with Crippen molar-refractivity contribution in [2.75, 3.05) is 0 Å². The molecule has 0 aliphatic carbocycles. The van der Waals surface area contributed by atoms with E-state index in [4.69, 9.17) is 0 Å². The molecule has 0 bridgehead atoms. The lowest BCUT2D eigenvalue weighted by Gasteiger charge is -2.01. The van der Waals surface area contributed by atoms with E-state index in [2.05, 4.69) is 6.58 Å². The van der Waals surface area contributed by atoms with Gasteiger partial charge in [-0.15, -0.1) is 0 Å². The van der Waals surface area contributed by atoms with Crippen LogP contribution in [0, 0.1) is 11.8 Å². The minimum atomic E-state index is 0. The van der Waals surface area contributed by atoms with Crippen LogP contribution >= 0.6 is 0 Å². The molecule has 70 valence electrons. The smallest absolute Gasteiger partial charge is 0.261 e. The van der Waals surface area contributed by atoms with E-state index in [9.17, 15) is 4.91 Å². The molecule has 3 nitrogen and oxygen atoms in total. The minimum absolute atomic E-state index is 0. The number of allylic oxidation sites excluding steroid dienone is 1. The summed E-state index contributed by atoms with van der Waals surface area (Å²) in [5.74, 6) is 0. The molecule has 0 radical (unpaired) electrons. The average molecular weight is 179 g/mol. The summed E-state index contributed by atoms with van der Waals surface area (Å²) in [6.45, 7) is 7.67. The van der Waals surface area contributed by atoms with Crippen molar-refractivity contribution in [3.8, 4) is 0 Å². The maximum absolute atomic E-state index is 10.5. The summed E-state index contributed by atoms with van der Waals surface area (Å²) in [5.41, 5.74) is 3.50. The molecule has 3 heteroatoms. The third-order valence-electron chi connectivity index (χ3n) is 1.81. The summed E-state index contributed by atoms with van der Waals surface area (Å²) in [6.07, 6.45) is 0. The van der Waals surface area contributed by atoms with E-state index >= 15 is 0 Å². The fourth-order valence-corrected chi connectivity index (χ4v) is 1.32. The van der Waals surface area contributed by atoms with Gasteiger partial charge in [-0.1, -0.05) is 18.7 Å². The molecule has 0 spiro atoms. The van der Waals surface area contributed by atoms with Gasteiger partial charge >= 0.3 is 0 Å². The number of aryl methyl sites for hydroxylation is 1. The van der Waals surface area contributed by atoms with Crippen LogP contribution in [0.5, 0.6) is 0 Å². The Hall–Kier alpha value is -1.48. The van der Waals surface area contributed by atoms with E-state index in [0.29, 0.717) is 5.69 Å². The van der Waals surface area contributed by atoms with Crippen molar-refractivity contribution in [2.24, 2.45) is 0 Å². The summed E-state index contributed by atoms with van der Waals surface area (Å²) >= 11 is 0. The van der Waals surface area contributed by atoms with E-state index in [-0.39, 0.29) is 5.48 Å². The average Bonchev–Trinajstić information content (AvgIpc) is 2.03. The standard InChI is InChI=1S/C10H11NO.H2O/c1-7(2)10-8(3)5-4-6-9(10)11-12;/h4-6H,1H2,2-3H3;1H2. The van der Waals surface area contributed by atoms with Crippen LogP contribution in [-0.4, -0.2) is 5.48 Å². The topological polar surface area (TPSA) is 61.0 Å². The van der Waals surface area contributed by atoms with Gasteiger partial charge in [0.05, 0.1) is 5.56 Å². The highest BCUT2D eigenvalue weighted by atomic mass is 16.3. The molecule has 1 rings (SSSR count). The Bertz CT molecular complexity index is 332. The van der Waals surface area contributed by atoms with Crippen LogP contribution in [0.3, 0.4) is 0 Å². The molecule has 0 fully saturated rings. The number of hydrogen-bond acceptors (Lipinski definition) is 2. The lowest BCUT2D eigenvalue weighted by atomic mass is 10.0. The second kappa shape index (κ2) is 4.52. The molecule has 0 amide bonds. The van der Waals surface area contributed by atoms with Crippen molar-refractivity contribution in [2.45, 2.75) is 13.8 Å². The van der Waals surface area contributed by atoms with Gasteiger partial charge < -0.3 is 5.48 Å². The van der Waals surface area contributed by atoms with Crippen LogP contribution in [0.4, 0.5) is 5.69 Å². The third-order valence-corrected chi connectivity index (χ3v) is 1.81. The lowest BCUT2D eigenvalue weighted by Crippen LogP contribution is -2.56. The van der Waals surface area contributed by atoms with Crippen LogP contribution in [0.25, 0.3) is 5.57 Å². The number of rotatable bonds is 2. The highest BCUT2D eigenvalue weighted by molar-refractivity contribution is 5.72. The normalized spacial score (nSPS) is 8.77. The fraction of sp³-hybridized carbons (Fsp3) is 0.200. The van der Waals surface area contributed by atoms with Crippen LogP contribution in [0.2, 0.25) is 0 Å². The Morgan fingerprint density at radius 3 is 2.46 bits per heavy atom. The molecule has 0 aliphatic rings. The van der Waals surface area contributed by atoms with Crippen LogP contribution in [-0.2, 0) is 0 Å². The van der Waals surface area contributed by atoms with E-state index in [1.54, 1.807) is 6.07 Å². The molecular weight excluding hydrogens is 166 g/mol. The van der Waals surface area contributed by atoms with Gasteiger partial charge in [0.1, 0.15) is 0 Å². The maximum Gasteiger partial charge on any atom is 0.261 e. The Balaban J connectivity index is 0.00000144. The number of hydrogen-bond donors (Lipinski definition) is 1. The summed E-state index contributed by atoms with van der Waals surface area (Å²) in [4.78, 5) is 10.5. The maximum atomic E-state index is 10.5. The predicted octanol–water partition coefficient (Wildman–Crippen LogP) is 1.33. The van der Waals surface area contributed by atoms with E-state index in [0.717, 1.165) is 16.7 Å². The van der Waals surface area contributed by atoms with Gasteiger partial charge in [-0.2, -0.15) is 0 Å². The second-order valence-electron chi connectivity index (χ2n) is 2.88. The highest BCUT2D eigenvalue weighted by Gasteiger charge is 2.10. The molecular formula is C10H13NO2. The van der Waals surface area contributed by atoms with E-state index < -0.39 is 0 Å². The number of nitroso groups, excluding NO2 is 1. The third kappa shape index (κ3) is 2.23. The zero-order valence-corrected chi connectivity index (χ0v) is 7.79. The molecule has 13 heavy (non-hydrogen) atoms. The predicted molar refractivity (Wildman–Crippen MR) is 51.8 cm³/mol. The molecule has 0 atom stereocenters. The molecule has 1 aromatic rings. The van der Waals surface area contributed by atoms with Gasteiger partial charge in [0.25, 0.3) is 5.69 Å². The first-order chi connectivity index (χ1) is 5.66. The van der Waals surface area contributed by atoms with Crippen molar-refractivity contribution >= 4 is 11.3 Å². The first-order valence-electron chi connectivity index (χ1n) is 3.80. The number of nitrogens with one attached hydrogen (secondary N) is 1. The molecule has 1 aromatic carbocycles. The fourth-order valence-electron chi connectivity index (χ4n) is 1.32.